The van der Waals surface area contributed by atoms with Crippen LogP contribution >= 0.6 is 0 Å². The number of aliphatic hydroxyl groups is 2. The van der Waals surface area contributed by atoms with Crippen LogP contribution in [0.1, 0.15) is 117 Å². The topological polar surface area (TPSA) is 69.6 Å². The molecule has 0 bridgehead atoms. The van der Waals surface area contributed by atoms with Gasteiger partial charge in [-0.25, -0.2) is 0 Å². The Balaban J connectivity index is 1.16. The van der Waals surface area contributed by atoms with Crippen LogP contribution in [0.3, 0.4) is 0 Å². The maximum absolute atomic E-state index is 12.6. The number of carbonyl (C=O) groups is 1. The fourth-order valence-electron chi connectivity index (χ4n) is 10.3. The van der Waals surface area contributed by atoms with Gasteiger partial charge in [0.2, 0.25) is 5.91 Å². The number of aliphatic hydroxyl groups excluding tert-OH is 2. The van der Waals surface area contributed by atoms with E-state index in [-0.39, 0.29) is 18.1 Å². The van der Waals surface area contributed by atoms with E-state index in [2.05, 4.69) is 32.2 Å². The lowest BCUT2D eigenvalue weighted by Gasteiger charge is -2.62. The molecule has 0 heterocycles. The first kappa shape index (κ1) is 26.7. The van der Waals surface area contributed by atoms with Gasteiger partial charge >= 0.3 is 0 Å². The molecule has 0 radical (unpaired) electrons. The molecule has 10 atom stereocenters. The van der Waals surface area contributed by atoms with E-state index in [9.17, 15) is 15.0 Å². The predicted octanol–water partition coefficient (Wildman–Crippen LogP) is 6.40. The Kier molecular flexibility index (Phi) is 7.95. The molecule has 0 aromatic carbocycles. The molecule has 5 rings (SSSR count). The summed E-state index contributed by atoms with van der Waals surface area (Å²) in [7, 11) is 0. The minimum atomic E-state index is -0.206. The van der Waals surface area contributed by atoms with Crippen LogP contribution in [0.4, 0.5) is 0 Å². The van der Waals surface area contributed by atoms with Gasteiger partial charge in [-0.3, -0.25) is 4.79 Å². The van der Waals surface area contributed by atoms with Crippen LogP contribution in [0.15, 0.2) is 11.6 Å². The van der Waals surface area contributed by atoms with Gasteiger partial charge in [-0.05, 0) is 136 Å². The van der Waals surface area contributed by atoms with E-state index in [1.54, 1.807) is 0 Å². The van der Waals surface area contributed by atoms with E-state index in [0.29, 0.717) is 52.8 Å². The number of allylic oxidation sites excluding steroid dienone is 1. The van der Waals surface area contributed by atoms with Crippen LogP contribution in [0, 0.1) is 46.3 Å². The van der Waals surface area contributed by atoms with Gasteiger partial charge in [-0.15, -0.1) is 0 Å². The zero-order chi connectivity index (χ0) is 25.5. The quantitative estimate of drug-likeness (QED) is 0.355. The van der Waals surface area contributed by atoms with E-state index < -0.39 is 0 Å². The van der Waals surface area contributed by atoms with Crippen molar-refractivity contribution in [1.82, 2.24) is 5.32 Å². The SMILES string of the molecule is C[C@H](CCC(=O)NCCC1=CCCCC1)[C@H]1CC[C@H]2[C@@H]3[C@@H](O)C[C@@H]4C[C@H](O)CC[C@]4(C)[C@H]3CC[C@]12C. The molecular formula is C32H53NO3. The fourth-order valence-corrected chi connectivity index (χ4v) is 10.3. The van der Waals surface area contributed by atoms with Gasteiger partial charge in [0.1, 0.15) is 0 Å². The van der Waals surface area contributed by atoms with Gasteiger partial charge in [0.25, 0.3) is 0 Å². The average molecular weight is 500 g/mol. The average Bonchev–Trinajstić information content (AvgIpc) is 3.21. The van der Waals surface area contributed by atoms with Crippen molar-refractivity contribution in [3.63, 3.8) is 0 Å². The first-order valence-corrected chi connectivity index (χ1v) is 15.5. The van der Waals surface area contributed by atoms with Crippen molar-refractivity contribution in [1.29, 1.82) is 0 Å². The molecule has 4 heteroatoms. The summed E-state index contributed by atoms with van der Waals surface area (Å²) in [6, 6.07) is 0. The smallest absolute Gasteiger partial charge is 0.220 e. The van der Waals surface area contributed by atoms with Crippen molar-refractivity contribution >= 4 is 5.91 Å². The molecule has 3 N–H and O–H groups in total. The lowest BCUT2D eigenvalue weighted by atomic mass is 9.43. The second-order valence-corrected chi connectivity index (χ2v) is 14.2. The second kappa shape index (κ2) is 10.7. The molecule has 0 aromatic heterocycles. The Morgan fingerprint density at radius 3 is 2.61 bits per heavy atom. The molecule has 0 spiro atoms. The van der Waals surface area contributed by atoms with Gasteiger partial charge in [-0.1, -0.05) is 32.4 Å². The van der Waals surface area contributed by atoms with Gasteiger partial charge in [0.15, 0.2) is 0 Å². The van der Waals surface area contributed by atoms with E-state index >= 15 is 0 Å². The highest BCUT2D eigenvalue weighted by Crippen LogP contribution is 2.68. The van der Waals surface area contributed by atoms with Crippen molar-refractivity contribution in [2.24, 2.45) is 46.3 Å². The summed E-state index contributed by atoms with van der Waals surface area (Å²) in [6.45, 7) is 8.21. The molecule has 4 saturated carbocycles. The van der Waals surface area contributed by atoms with Gasteiger partial charge in [0.05, 0.1) is 12.2 Å². The summed E-state index contributed by atoms with van der Waals surface area (Å²) < 4.78 is 0. The summed E-state index contributed by atoms with van der Waals surface area (Å²) in [5.74, 6) is 3.56. The molecule has 4 fully saturated rings. The maximum Gasteiger partial charge on any atom is 0.220 e. The van der Waals surface area contributed by atoms with Crippen molar-refractivity contribution in [2.75, 3.05) is 6.54 Å². The minimum absolute atomic E-state index is 0.168. The van der Waals surface area contributed by atoms with Crippen LogP contribution in [0.5, 0.6) is 0 Å². The zero-order valence-electron chi connectivity index (χ0n) is 23.3. The van der Waals surface area contributed by atoms with Gasteiger partial charge in [0, 0.05) is 13.0 Å². The summed E-state index contributed by atoms with van der Waals surface area (Å²) in [4.78, 5) is 12.6. The second-order valence-electron chi connectivity index (χ2n) is 14.2. The highest BCUT2D eigenvalue weighted by molar-refractivity contribution is 5.75. The number of amides is 1. The van der Waals surface area contributed by atoms with E-state index in [1.165, 1.54) is 56.9 Å². The Hall–Kier alpha value is -0.870. The lowest BCUT2D eigenvalue weighted by molar-refractivity contribution is -0.174. The zero-order valence-corrected chi connectivity index (χ0v) is 23.3. The summed E-state index contributed by atoms with van der Waals surface area (Å²) in [5, 5.41) is 24.9. The first-order chi connectivity index (χ1) is 17.2. The predicted molar refractivity (Wildman–Crippen MR) is 145 cm³/mol. The Labute approximate surface area is 220 Å². The fraction of sp³-hybridized carbons (Fsp3) is 0.906. The molecule has 0 aliphatic heterocycles. The molecular weight excluding hydrogens is 446 g/mol. The summed E-state index contributed by atoms with van der Waals surface area (Å²) in [5.41, 5.74) is 2.12. The molecule has 5 aliphatic carbocycles. The number of fused-ring (bicyclic) bond motifs is 5. The molecule has 0 unspecified atom stereocenters. The standard InChI is InChI=1S/C32H53NO3/c1-21(9-12-29(36)33-18-15-22-7-5-4-6-8-22)25-10-11-26-30-27(14-17-32(25,26)3)31(2)16-13-24(34)19-23(31)20-28(30)35/h7,21,23-28,30,34-35H,4-6,8-20H2,1-3H3,(H,33,36)/t21-,23+,24-,25-,26+,27+,28+,30+,31+,32-/m1/s1. The molecule has 36 heavy (non-hydrogen) atoms. The van der Waals surface area contributed by atoms with Crippen molar-refractivity contribution in [3.05, 3.63) is 11.6 Å². The van der Waals surface area contributed by atoms with Crippen LogP contribution in [0.2, 0.25) is 0 Å². The van der Waals surface area contributed by atoms with Crippen LogP contribution in [-0.4, -0.2) is 34.9 Å². The Morgan fingerprint density at radius 1 is 1.06 bits per heavy atom. The Bertz CT molecular complexity index is 824. The molecule has 0 saturated heterocycles. The largest absolute Gasteiger partial charge is 0.393 e. The van der Waals surface area contributed by atoms with Crippen molar-refractivity contribution < 1.29 is 15.0 Å². The van der Waals surface area contributed by atoms with Crippen molar-refractivity contribution in [3.8, 4) is 0 Å². The number of hydrogen-bond donors (Lipinski definition) is 3. The number of hydrogen-bond acceptors (Lipinski definition) is 3. The maximum atomic E-state index is 12.6. The summed E-state index contributed by atoms with van der Waals surface area (Å²) >= 11 is 0. The minimum Gasteiger partial charge on any atom is -0.393 e. The highest BCUT2D eigenvalue weighted by Gasteiger charge is 2.62. The third-order valence-corrected chi connectivity index (χ3v) is 12.4. The monoisotopic (exact) mass is 499 g/mol. The third kappa shape index (κ3) is 4.95. The van der Waals surface area contributed by atoms with Gasteiger partial charge < -0.3 is 15.5 Å². The number of carbonyl (C=O) groups excluding carboxylic acids is 1. The van der Waals surface area contributed by atoms with E-state index in [0.717, 1.165) is 45.1 Å². The van der Waals surface area contributed by atoms with Crippen LogP contribution in [-0.2, 0) is 4.79 Å². The number of nitrogens with one attached hydrogen (secondary N) is 1. The molecule has 0 aromatic rings. The first-order valence-electron chi connectivity index (χ1n) is 15.5. The highest BCUT2D eigenvalue weighted by atomic mass is 16.3. The van der Waals surface area contributed by atoms with Crippen molar-refractivity contribution in [2.45, 2.75) is 129 Å². The van der Waals surface area contributed by atoms with E-state index in [1.807, 2.05) is 0 Å². The summed E-state index contributed by atoms with van der Waals surface area (Å²) in [6.07, 6.45) is 18.6. The van der Waals surface area contributed by atoms with E-state index in [4.69, 9.17) is 0 Å². The van der Waals surface area contributed by atoms with Gasteiger partial charge in [-0.2, -0.15) is 0 Å². The molecule has 1 amide bonds. The molecule has 5 aliphatic rings. The third-order valence-electron chi connectivity index (χ3n) is 12.4. The molecule has 204 valence electrons. The Morgan fingerprint density at radius 2 is 1.83 bits per heavy atom. The normalized spacial score (nSPS) is 45.1. The molecule has 4 nitrogen and oxygen atoms in total. The lowest BCUT2D eigenvalue weighted by Crippen LogP contribution is -2.58. The van der Waals surface area contributed by atoms with Crippen LogP contribution in [0.25, 0.3) is 0 Å². The van der Waals surface area contributed by atoms with Crippen LogP contribution < -0.4 is 5.32 Å². The number of rotatable bonds is 7.